The molecule has 0 saturated heterocycles. The van der Waals surface area contributed by atoms with E-state index in [9.17, 15) is 0 Å². The fourth-order valence-electron chi connectivity index (χ4n) is 1.87. The van der Waals surface area contributed by atoms with Crippen LogP contribution in [0.25, 0.3) is 22.6 Å². The summed E-state index contributed by atoms with van der Waals surface area (Å²) in [7, 11) is 1.87. The zero-order valence-corrected chi connectivity index (χ0v) is 9.64. The fourth-order valence-corrected chi connectivity index (χ4v) is 1.87. The zero-order valence-electron chi connectivity index (χ0n) is 9.64. The van der Waals surface area contributed by atoms with Crippen molar-refractivity contribution in [3.8, 4) is 11.5 Å². The van der Waals surface area contributed by atoms with E-state index in [1.165, 1.54) is 0 Å². The second-order valence-electron chi connectivity index (χ2n) is 4.05. The summed E-state index contributed by atoms with van der Waals surface area (Å²) < 4.78 is 7.43. The summed E-state index contributed by atoms with van der Waals surface area (Å²) in [6.07, 6.45) is 1.89. The highest BCUT2D eigenvalue weighted by Crippen LogP contribution is 2.26. The van der Waals surface area contributed by atoms with Crippen LogP contribution in [0.3, 0.4) is 0 Å². The van der Waals surface area contributed by atoms with Gasteiger partial charge in [-0.25, -0.2) is 4.98 Å². The molecule has 0 bridgehead atoms. The molecule has 0 aliphatic heterocycles. The molecule has 0 radical (unpaired) electrons. The lowest BCUT2D eigenvalue weighted by Crippen LogP contribution is -1.86. The molecule has 2 N–H and O–H groups in total. The number of nitrogens with two attached hydrogens (primary N) is 1. The van der Waals surface area contributed by atoms with Crippen molar-refractivity contribution in [2.45, 2.75) is 6.92 Å². The van der Waals surface area contributed by atoms with E-state index in [1.54, 1.807) is 16.8 Å². The lowest BCUT2D eigenvalue weighted by molar-refractivity contribution is 0.619. The molecule has 0 unspecified atom stereocenters. The molecule has 0 atom stereocenters. The Morgan fingerprint density at radius 3 is 2.88 bits per heavy atom. The normalized spacial score (nSPS) is 11.2. The van der Waals surface area contributed by atoms with Crippen molar-refractivity contribution < 1.29 is 4.42 Å². The summed E-state index contributed by atoms with van der Waals surface area (Å²) in [6, 6.07) is 5.42. The largest absolute Gasteiger partial charge is 0.436 e. The molecule has 0 aliphatic carbocycles. The molecule has 0 saturated carbocycles. The maximum Gasteiger partial charge on any atom is 0.230 e. The first kappa shape index (κ1) is 9.89. The van der Waals surface area contributed by atoms with Crippen molar-refractivity contribution in [1.82, 2.24) is 14.8 Å². The minimum absolute atomic E-state index is 0.580. The van der Waals surface area contributed by atoms with Crippen molar-refractivity contribution in [2.24, 2.45) is 7.05 Å². The number of oxazole rings is 1. The molecular weight excluding hydrogens is 216 g/mol. The monoisotopic (exact) mass is 228 g/mol. The van der Waals surface area contributed by atoms with Gasteiger partial charge in [-0.2, -0.15) is 5.10 Å². The van der Waals surface area contributed by atoms with E-state index >= 15 is 0 Å². The minimum atomic E-state index is 0.580. The van der Waals surface area contributed by atoms with Gasteiger partial charge in [-0.05, 0) is 25.1 Å². The Morgan fingerprint density at radius 1 is 1.35 bits per heavy atom. The van der Waals surface area contributed by atoms with Crippen molar-refractivity contribution in [3.05, 3.63) is 30.1 Å². The summed E-state index contributed by atoms with van der Waals surface area (Å²) in [6.45, 7) is 1.93. The molecule has 1 aromatic carbocycles. The van der Waals surface area contributed by atoms with Crippen LogP contribution in [0.15, 0.2) is 28.8 Å². The highest BCUT2D eigenvalue weighted by molar-refractivity contribution is 5.79. The number of rotatable bonds is 1. The van der Waals surface area contributed by atoms with Gasteiger partial charge in [0.1, 0.15) is 5.52 Å². The minimum Gasteiger partial charge on any atom is -0.436 e. The van der Waals surface area contributed by atoms with Crippen LogP contribution < -0.4 is 5.73 Å². The van der Waals surface area contributed by atoms with E-state index in [0.717, 1.165) is 22.4 Å². The Hall–Kier alpha value is -2.30. The summed E-state index contributed by atoms with van der Waals surface area (Å²) in [5, 5.41) is 4.27. The standard InChI is InChI=1S/C12H12N4O/c1-7-9(6-16(2)15-7)12-14-10-5-8(13)3-4-11(10)17-12/h3-6H,13H2,1-2H3. The quantitative estimate of drug-likeness (QED) is 0.647. The SMILES string of the molecule is Cc1nn(C)cc1-c1nc2cc(N)ccc2o1. The van der Waals surface area contributed by atoms with Gasteiger partial charge in [0.25, 0.3) is 0 Å². The Bertz CT molecular complexity index is 696. The molecule has 0 amide bonds. The summed E-state index contributed by atoms with van der Waals surface area (Å²) >= 11 is 0. The van der Waals surface area contributed by atoms with E-state index in [4.69, 9.17) is 10.2 Å². The number of aromatic nitrogens is 3. The number of hydrogen-bond donors (Lipinski definition) is 1. The molecule has 2 heterocycles. The van der Waals surface area contributed by atoms with Gasteiger partial charge in [0.05, 0.1) is 11.3 Å². The van der Waals surface area contributed by atoms with Crippen molar-refractivity contribution in [2.75, 3.05) is 5.73 Å². The smallest absolute Gasteiger partial charge is 0.230 e. The van der Waals surface area contributed by atoms with Crippen LogP contribution in [-0.2, 0) is 7.05 Å². The number of aryl methyl sites for hydroxylation is 2. The summed E-state index contributed by atoms with van der Waals surface area (Å²) in [4.78, 5) is 4.42. The molecule has 0 spiro atoms. The van der Waals surface area contributed by atoms with E-state index in [0.29, 0.717) is 11.6 Å². The van der Waals surface area contributed by atoms with Gasteiger partial charge >= 0.3 is 0 Å². The topological polar surface area (TPSA) is 69.9 Å². The van der Waals surface area contributed by atoms with E-state index in [1.807, 2.05) is 26.2 Å². The lowest BCUT2D eigenvalue weighted by Gasteiger charge is -1.88. The Morgan fingerprint density at radius 2 is 2.18 bits per heavy atom. The van der Waals surface area contributed by atoms with Gasteiger partial charge in [-0.1, -0.05) is 0 Å². The molecule has 86 valence electrons. The molecule has 17 heavy (non-hydrogen) atoms. The van der Waals surface area contributed by atoms with Crippen molar-refractivity contribution in [3.63, 3.8) is 0 Å². The average Bonchev–Trinajstić information content (AvgIpc) is 2.80. The number of benzene rings is 1. The van der Waals surface area contributed by atoms with Crippen LogP contribution in [0, 0.1) is 6.92 Å². The first-order valence-electron chi connectivity index (χ1n) is 5.30. The molecule has 5 nitrogen and oxygen atoms in total. The number of nitrogens with zero attached hydrogens (tertiary/aromatic N) is 3. The number of fused-ring (bicyclic) bond motifs is 1. The Labute approximate surface area is 97.9 Å². The third-order valence-electron chi connectivity index (χ3n) is 2.66. The molecular formula is C12H12N4O. The first-order valence-corrected chi connectivity index (χ1v) is 5.30. The fraction of sp³-hybridized carbons (Fsp3) is 0.167. The van der Waals surface area contributed by atoms with Gasteiger partial charge in [0, 0.05) is 18.9 Å². The highest BCUT2D eigenvalue weighted by atomic mass is 16.3. The Balaban J connectivity index is 2.21. The third kappa shape index (κ3) is 1.56. The molecule has 3 rings (SSSR count). The van der Waals surface area contributed by atoms with Gasteiger partial charge in [0.15, 0.2) is 5.58 Å². The average molecular weight is 228 g/mol. The molecule has 0 aliphatic rings. The van der Waals surface area contributed by atoms with E-state index < -0.39 is 0 Å². The van der Waals surface area contributed by atoms with Crippen molar-refractivity contribution >= 4 is 16.8 Å². The zero-order chi connectivity index (χ0) is 12.0. The Kier molecular flexibility index (Phi) is 1.95. The van der Waals surface area contributed by atoms with Gasteiger partial charge in [0.2, 0.25) is 5.89 Å². The van der Waals surface area contributed by atoms with Crippen LogP contribution in [0.4, 0.5) is 5.69 Å². The molecule has 3 aromatic rings. The summed E-state index contributed by atoms with van der Waals surface area (Å²) in [5.74, 6) is 0.580. The second kappa shape index (κ2) is 3.35. The van der Waals surface area contributed by atoms with Crippen LogP contribution in [-0.4, -0.2) is 14.8 Å². The van der Waals surface area contributed by atoms with Crippen LogP contribution in [0.2, 0.25) is 0 Å². The number of hydrogen-bond acceptors (Lipinski definition) is 4. The first-order chi connectivity index (χ1) is 8.13. The van der Waals surface area contributed by atoms with Gasteiger partial charge in [-0.15, -0.1) is 0 Å². The predicted octanol–water partition coefficient (Wildman–Crippen LogP) is 2.12. The maximum absolute atomic E-state index is 5.71. The van der Waals surface area contributed by atoms with Gasteiger partial charge < -0.3 is 10.2 Å². The lowest BCUT2D eigenvalue weighted by atomic mass is 10.3. The number of nitrogen functional groups attached to an aromatic ring is 1. The molecule has 5 heteroatoms. The van der Waals surface area contributed by atoms with Crippen molar-refractivity contribution in [1.29, 1.82) is 0 Å². The highest BCUT2D eigenvalue weighted by Gasteiger charge is 2.13. The van der Waals surface area contributed by atoms with Crippen LogP contribution >= 0.6 is 0 Å². The van der Waals surface area contributed by atoms with Gasteiger partial charge in [-0.3, -0.25) is 4.68 Å². The predicted molar refractivity (Wildman–Crippen MR) is 65.4 cm³/mol. The maximum atomic E-state index is 5.71. The van der Waals surface area contributed by atoms with E-state index in [-0.39, 0.29) is 0 Å². The van der Waals surface area contributed by atoms with Crippen LogP contribution in [0.1, 0.15) is 5.69 Å². The van der Waals surface area contributed by atoms with E-state index in [2.05, 4.69) is 10.1 Å². The second-order valence-corrected chi connectivity index (χ2v) is 4.05. The molecule has 2 aromatic heterocycles. The summed E-state index contributed by atoms with van der Waals surface area (Å²) in [5.41, 5.74) is 9.69. The van der Waals surface area contributed by atoms with Crippen LogP contribution in [0.5, 0.6) is 0 Å². The number of anilines is 1. The third-order valence-corrected chi connectivity index (χ3v) is 2.66. The molecule has 0 fully saturated rings.